The van der Waals surface area contributed by atoms with E-state index < -0.39 is 76.0 Å². The summed E-state index contributed by atoms with van der Waals surface area (Å²) in [5, 5.41) is 78.9. The number of phenolic OH excluding ortho intramolecular Hbond substituents is 5. The molecule has 0 radical (unpaired) electrons. The number of benzene rings is 2. The van der Waals surface area contributed by atoms with Gasteiger partial charge in [-0.2, -0.15) is 0 Å². The van der Waals surface area contributed by atoms with E-state index in [1.807, 2.05) is 0 Å². The predicted octanol–water partition coefficient (Wildman–Crippen LogP) is 0.194. The van der Waals surface area contributed by atoms with Crippen LogP contribution in [0.15, 0.2) is 33.5 Å². The number of aliphatic hydroxyl groups excluding tert-OH is 3. The molecular weight excluding hydrogens is 444 g/mol. The molecule has 176 valence electrons. The van der Waals surface area contributed by atoms with Crippen LogP contribution in [-0.2, 0) is 4.74 Å². The fourth-order valence-electron chi connectivity index (χ4n) is 3.48. The standard InChI is InChI=1S/C21H20O12/c1-6-13(25)17(29)18(30)21(31-6)33-20-16(28)12-11(5-10(24)14(26)15(12)27)32-19(20)7-2-3-8(22)9(23)4-7/h2-6,13,17-18,21-27,29-30H,1H3. The molecule has 0 aliphatic carbocycles. The molecule has 0 spiro atoms. The van der Waals surface area contributed by atoms with E-state index in [4.69, 9.17) is 13.9 Å². The van der Waals surface area contributed by atoms with Crippen molar-refractivity contribution >= 4 is 11.0 Å². The summed E-state index contributed by atoms with van der Waals surface area (Å²) in [6, 6.07) is 4.25. The van der Waals surface area contributed by atoms with Gasteiger partial charge in [0.1, 0.15) is 29.3 Å². The Morgan fingerprint density at radius 3 is 2.21 bits per heavy atom. The van der Waals surface area contributed by atoms with E-state index in [-0.39, 0.29) is 16.9 Å². The number of fused-ring (bicyclic) bond motifs is 1. The number of hydrogen-bond acceptors (Lipinski definition) is 12. The first-order chi connectivity index (χ1) is 15.5. The van der Waals surface area contributed by atoms with Crippen molar-refractivity contribution < 1.29 is 54.7 Å². The largest absolute Gasteiger partial charge is 0.504 e. The fraction of sp³-hybridized carbons (Fsp3) is 0.286. The molecule has 33 heavy (non-hydrogen) atoms. The van der Waals surface area contributed by atoms with Crippen LogP contribution in [-0.4, -0.2) is 71.6 Å². The first kappa shape index (κ1) is 22.5. The van der Waals surface area contributed by atoms with Gasteiger partial charge in [-0.25, -0.2) is 0 Å². The summed E-state index contributed by atoms with van der Waals surface area (Å²) in [5.41, 5.74) is -1.42. The van der Waals surface area contributed by atoms with E-state index in [9.17, 15) is 45.6 Å². The van der Waals surface area contributed by atoms with Gasteiger partial charge in [-0.15, -0.1) is 0 Å². The molecule has 2 heterocycles. The zero-order valence-corrected chi connectivity index (χ0v) is 16.9. The summed E-state index contributed by atoms with van der Waals surface area (Å²) in [5.74, 6) is -4.84. The number of ether oxygens (including phenoxy) is 2. The third-order valence-corrected chi connectivity index (χ3v) is 5.35. The maximum absolute atomic E-state index is 13.3. The molecule has 12 heteroatoms. The SMILES string of the molecule is CC1OC(Oc2c(-c3ccc(O)c(O)c3)oc3cc(O)c(O)c(O)c3c2=O)C(O)C(O)C1O. The van der Waals surface area contributed by atoms with Crippen LogP contribution in [0.5, 0.6) is 34.5 Å². The molecule has 8 N–H and O–H groups in total. The van der Waals surface area contributed by atoms with Crippen molar-refractivity contribution in [3.63, 3.8) is 0 Å². The molecule has 5 unspecified atom stereocenters. The molecular formula is C21H20O12. The summed E-state index contributed by atoms with van der Waals surface area (Å²) in [6.45, 7) is 1.39. The Kier molecular flexibility index (Phi) is 5.46. The Labute approximate surface area is 184 Å². The second-order valence-electron chi connectivity index (χ2n) is 7.56. The molecule has 12 nitrogen and oxygen atoms in total. The zero-order valence-electron chi connectivity index (χ0n) is 16.9. The second kappa shape index (κ2) is 8.01. The van der Waals surface area contributed by atoms with Crippen LogP contribution in [0.3, 0.4) is 0 Å². The van der Waals surface area contributed by atoms with Crippen molar-refractivity contribution in [2.45, 2.75) is 37.6 Å². The minimum absolute atomic E-state index is 0.00489. The number of phenols is 5. The number of hydrogen-bond donors (Lipinski definition) is 8. The van der Waals surface area contributed by atoms with Gasteiger partial charge in [-0.3, -0.25) is 4.79 Å². The van der Waals surface area contributed by atoms with Gasteiger partial charge in [-0.1, -0.05) is 0 Å². The molecule has 1 aliphatic heterocycles. The molecule has 3 aromatic rings. The van der Waals surface area contributed by atoms with Crippen LogP contribution in [0.1, 0.15) is 6.92 Å². The Balaban J connectivity index is 1.95. The van der Waals surface area contributed by atoms with Crippen LogP contribution < -0.4 is 10.2 Å². The molecule has 1 aromatic heterocycles. The quantitative estimate of drug-likeness (QED) is 0.244. The molecule has 4 rings (SSSR count). The normalized spacial score (nSPS) is 25.3. The van der Waals surface area contributed by atoms with E-state index in [0.717, 1.165) is 18.2 Å². The van der Waals surface area contributed by atoms with Gasteiger partial charge in [0, 0.05) is 11.6 Å². The fourth-order valence-corrected chi connectivity index (χ4v) is 3.48. The summed E-state index contributed by atoms with van der Waals surface area (Å²) in [7, 11) is 0. The lowest BCUT2D eigenvalue weighted by atomic mass is 10.00. The van der Waals surface area contributed by atoms with Gasteiger partial charge in [0.25, 0.3) is 0 Å². The van der Waals surface area contributed by atoms with Crippen molar-refractivity contribution in [1.29, 1.82) is 0 Å². The van der Waals surface area contributed by atoms with Crippen molar-refractivity contribution in [1.82, 2.24) is 0 Å². The predicted molar refractivity (Wildman–Crippen MR) is 109 cm³/mol. The van der Waals surface area contributed by atoms with Crippen LogP contribution in [0.4, 0.5) is 0 Å². The van der Waals surface area contributed by atoms with E-state index in [1.54, 1.807) is 0 Å². The Morgan fingerprint density at radius 1 is 0.848 bits per heavy atom. The molecule has 0 bridgehead atoms. The minimum Gasteiger partial charge on any atom is -0.504 e. The summed E-state index contributed by atoms with van der Waals surface area (Å²) < 4.78 is 16.5. The van der Waals surface area contributed by atoms with Gasteiger partial charge in [0.2, 0.25) is 23.2 Å². The van der Waals surface area contributed by atoms with Crippen LogP contribution in [0.2, 0.25) is 0 Å². The highest BCUT2D eigenvalue weighted by Crippen LogP contribution is 2.43. The summed E-state index contributed by atoms with van der Waals surface area (Å²) in [4.78, 5) is 13.3. The van der Waals surface area contributed by atoms with E-state index in [0.29, 0.717) is 0 Å². The Bertz CT molecular complexity index is 1280. The highest BCUT2D eigenvalue weighted by Gasteiger charge is 2.44. The molecule has 2 aromatic carbocycles. The average Bonchev–Trinajstić information content (AvgIpc) is 2.77. The zero-order chi connectivity index (χ0) is 24.2. The van der Waals surface area contributed by atoms with Gasteiger partial charge in [0.05, 0.1) is 6.10 Å². The van der Waals surface area contributed by atoms with Crippen molar-refractivity contribution in [2.24, 2.45) is 0 Å². The lowest BCUT2D eigenvalue weighted by Crippen LogP contribution is -2.58. The molecule has 5 atom stereocenters. The maximum Gasteiger partial charge on any atom is 0.239 e. The third-order valence-electron chi connectivity index (χ3n) is 5.35. The van der Waals surface area contributed by atoms with Gasteiger partial charge < -0.3 is 54.7 Å². The van der Waals surface area contributed by atoms with Gasteiger partial charge in [-0.05, 0) is 25.1 Å². The van der Waals surface area contributed by atoms with Crippen molar-refractivity contribution in [3.8, 4) is 45.8 Å². The number of rotatable bonds is 3. The monoisotopic (exact) mass is 464 g/mol. The minimum atomic E-state index is -1.80. The van der Waals surface area contributed by atoms with Crippen LogP contribution >= 0.6 is 0 Å². The number of aromatic hydroxyl groups is 5. The van der Waals surface area contributed by atoms with Crippen molar-refractivity contribution in [3.05, 3.63) is 34.5 Å². The summed E-state index contributed by atoms with van der Waals surface area (Å²) in [6.07, 6.45) is -7.59. The second-order valence-corrected chi connectivity index (χ2v) is 7.56. The van der Waals surface area contributed by atoms with Gasteiger partial charge in [0.15, 0.2) is 28.8 Å². The summed E-state index contributed by atoms with van der Waals surface area (Å²) >= 11 is 0. The Morgan fingerprint density at radius 2 is 1.55 bits per heavy atom. The van der Waals surface area contributed by atoms with Crippen molar-refractivity contribution in [2.75, 3.05) is 0 Å². The molecule has 0 amide bonds. The van der Waals surface area contributed by atoms with E-state index in [2.05, 4.69) is 0 Å². The average molecular weight is 464 g/mol. The smallest absolute Gasteiger partial charge is 0.239 e. The van der Waals surface area contributed by atoms with E-state index in [1.165, 1.54) is 13.0 Å². The Hall–Kier alpha value is -3.71. The lowest BCUT2D eigenvalue weighted by Gasteiger charge is -2.38. The third kappa shape index (κ3) is 3.64. The molecule has 1 fully saturated rings. The van der Waals surface area contributed by atoms with Crippen LogP contribution in [0.25, 0.3) is 22.3 Å². The van der Waals surface area contributed by atoms with E-state index >= 15 is 0 Å². The number of aliphatic hydroxyl groups is 3. The van der Waals surface area contributed by atoms with Gasteiger partial charge >= 0.3 is 0 Å². The first-order valence-corrected chi connectivity index (χ1v) is 9.64. The topological polar surface area (TPSA) is 211 Å². The molecule has 1 saturated heterocycles. The first-order valence-electron chi connectivity index (χ1n) is 9.64. The maximum atomic E-state index is 13.3. The highest BCUT2D eigenvalue weighted by molar-refractivity contribution is 5.91. The van der Waals surface area contributed by atoms with Crippen LogP contribution in [0, 0.1) is 0 Å². The molecule has 1 aliphatic rings. The highest BCUT2D eigenvalue weighted by atomic mass is 16.7. The lowest BCUT2D eigenvalue weighted by molar-refractivity contribution is -0.268. The molecule has 0 saturated carbocycles.